The van der Waals surface area contributed by atoms with Crippen molar-refractivity contribution in [2.24, 2.45) is 23.2 Å². The highest BCUT2D eigenvalue weighted by Crippen LogP contribution is 2.57. The van der Waals surface area contributed by atoms with E-state index in [0.29, 0.717) is 6.54 Å². The van der Waals surface area contributed by atoms with Crippen molar-refractivity contribution in [3.63, 3.8) is 0 Å². The molecule has 2 fully saturated rings. The normalized spacial score (nSPS) is 34.5. The number of likely N-dealkylation sites (N-methyl/N-ethyl adjacent to an activating group) is 1. The summed E-state index contributed by atoms with van der Waals surface area (Å²) in [5, 5.41) is 15.9. The fourth-order valence-electron chi connectivity index (χ4n) is 6.36. The summed E-state index contributed by atoms with van der Waals surface area (Å²) in [7, 11) is 2.19. The van der Waals surface area contributed by atoms with Gasteiger partial charge in [-0.05, 0) is 36.5 Å². The second kappa shape index (κ2) is 8.83. The van der Waals surface area contributed by atoms with Gasteiger partial charge in [-0.3, -0.25) is 4.79 Å². The zero-order valence-electron chi connectivity index (χ0n) is 19.5. The number of nitrogens with zero attached hydrogens (tertiary/aromatic N) is 2. The molecule has 31 heavy (non-hydrogen) atoms. The fraction of sp³-hybridized carbons (Fsp3) is 0.750. The molecule has 2 aliphatic carbocycles. The number of nitrogens with one attached hydrogen (secondary N) is 2. The number of amides is 1. The van der Waals surface area contributed by atoms with Gasteiger partial charge in [-0.25, -0.2) is 4.98 Å². The number of piperazine rings is 1. The van der Waals surface area contributed by atoms with Gasteiger partial charge in [0, 0.05) is 23.3 Å². The van der Waals surface area contributed by atoms with E-state index >= 15 is 0 Å². The number of thiazole rings is 1. The van der Waals surface area contributed by atoms with Gasteiger partial charge in [0.25, 0.3) is 0 Å². The Morgan fingerprint density at radius 2 is 2.19 bits per heavy atom. The van der Waals surface area contributed by atoms with Crippen molar-refractivity contribution in [3.05, 3.63) is 23.2 Å². The molecule has 172 valence electrons. The highest BCUT2D eigenvalue weighted by molar-refractivity contribution is 7.15. The van der Waals surface area contributed by atoms with E-state index in [2.05, 4.69) is 32.8 Å². The molecule has 0 bridgehead atoms. The molecule has 1 aliphatic heterocycles. The summed E-state index contributed by atoms with van der Waals surface area (Å²) in [6, 6.07) is 0. The third-order valence-electron chi connectivity index (χ3n) is 8.28. The molecule has 3 aliphatic rings. The topological polar surface area (TPSA) is 69.9 Å². The lowest BCUT2D eigenvalue weighted by molar-refractivity contribution is -0.883. The summed E-state index contributed by atoms with van der Waals surface area (Å²) in [5.74, 6) is 0.455. The number of anilines is 1. The summed E-state index contributed by atoms with van der Waals surface area (Å²) in [6.07, 6.45) is 4.33. The molecule has 1 amide bonds. The molecule has 0 aromatic carbocycles. The Labute approximate surface area is 190 Å². The van der Waals surface area contributed by atoms with Crippen molar-refractivity contribution < 1.29 is 14.8 Å². The Morgan fingerprint density at radius 3 is 2.87 bits per heavy atom. The summed E-state index contributed by atoms with van der Waals surface area (Å²) in [5.41, 5.74) is 1.20. The van der Waals surface area contributed by atoms with Gasteiger partial charge in [-0.2, -0.15) is 0 Å². The molecule has 0 spiro atoms. The van der Waals surface area contributed by atoms with Crippen LogP contribution in [0.25, 0.3) is 0 Å². The van der Waals surface area contributed by atoms with Gasteiger partial charge in [0.05, 0.1) is 45.0 Å². The fourth-order valence-corrected chi connectivity index (χ4v) is 7.63. The number of rotatable bonds is 5. The summed E-state index contributed by atoms with van der Waals surface area (Å²) >= 11 is 1.75. The number of hydrogen-bond acceptors (Lipinski definition) is 5. The molecule has 1 saturated carbocycles. The maximum Gasteiger partial charge on any atom is 0.226 e. The molecule has 4 rings (SSSR count). The van der Waals surface area contributed by atoms with Crippen LogP contribution in [-0.2, 0) is 11.2 Å². The first-order valence-electron chi connectivity index (χ1n) is 11.9. The van der Waals surface area contributed by atoms with Gasteiger partial charge in [0.15, 0.2) is 5.13 Å². The molecule has 3 N–H and O–H groups in total. The van der Waals surface area contributed by atoms with Gasteiger partial charge in [-0.1, -0.05) is 26.8 Å². The minimum Gasteiger partial charge on any atom is -0.392 e. The molecule has 1 aromatic rings. The van der Waals surface area contributed by atoms with E-state index in [-0.39, 0.29) is 35.0 Å². The van der Waals surface area contributed by atoms with Crippen LogP contribution in [0, 0.1) is 23.2 Å². The number of carbonyl (C=O) groups is 1. The molecule has 6 nitrogen and oxygen atoms in total. The average Bonchev–Trinajstić information content (AvgIpc) is 3.14. The highest BCUT2D eigenvalue weighted by Gasteiger charge is 2.54. The minimum absolute atomic E-state index is 0.0265. The number of quaternary nitrogens is 1. The molecular formula is C24H39N4O2S+. The standard InChI is InChI=1S/C24H38N4O2S/c1-6-9-25-23-26-20-16(3)19-21(29)17(7-8-24(19,4)14-18(20)31-23)15(2)22(30)28-12-10-27(5)11-13-28/h6,15-17,19,21,29H,1,7-14H2,2-5H3,(H,25,26)/p+1/t15-,16-,17-,19+,21-,24-/m0/s1. The molecule has 1 saturated heterocycles. The van der Waals surface area contributed by atoms with E-state index in [4.69, 9.17) is 4.98 Å². The van der Waals surface area contributed by atoms with Gasteiger partial charge in [0.2, 0.25) is 5.91 Å². The van der Waals surface area contributed by atoms with E-state index in [1.165, 1.54) is 9.78 Å². The van der Waals surface area contributed by atoms with Crippen molar-refractivity contribution in [1.29, 1.82) is 0 Å². The first kappa shape index (κ1) is 22.7. The Morgan fingerprint density at radius 1 is 1.48 bits per heavy atom. The van der Waals surface area contributed by atoms with Crippen LogP contribution in [0.1, 0.15) is 50.1 Å². The number of aliphatic hydroxyl groups is 1. The van der Waals surface area contributed by atoms with Crippen molar-refractivity contribution in [3.8, 4) is 0 Å². The van der Waals surface area contributed by atoms with Crippen LogP contribution in [0.2, 0.25) is 0 Å². The minimum atomic E-state index is -0.467. The third-order valence-corrected chi connectivity index (χ3v) is 9.31. The number of fused-ring (bicyclic) bond motifs is 2. The first-order valence-corrected chi connectivity index (χ1v) is 12.7. The molecular weight excluding hydrogens is 408 g/mol. The first-order chi connectivity index (χ1) is 14.7. The van der Waals surface area contributed by atoms with Crippen LogP contribution in [0.4, 0.5) is 5.13 Å². The number of hydrogen-bond donors (Lipinski definition) is 3. The largest absolute Gasteiger partial charge is 0.392 e. The maximum atomic E-state index is 13.3. The average molecular weight is 448 g/mol. The van der Waals surface area contributed by atoms with Crippen molar-refractivity contribution in [2.45, 2.75) is 52.1 Å². The highest BCUT2D eigenvalue weighted by atomic mass is 32.1. The zero-order chi connectivity index (χ0) is 22.3. The van der Waals surface area contributed by atoms with Crippen LogP contribution >= 0.6 is 11.3 Å². The SMILES string of the molecule is C=CCNc1nc2c(s1)C[C@]1(C)CC[C@@H]([C@H](C)C(=O)N3CC[NH+](C)CC3)[C@H](O)[C@H]1[C@@H]2C. The Bertz CT molecular complexity index is 819. The molecule has 0 radical (unpaired) electrons. The number of aromatic nitrogens is 1. The number of aliphatic hydroxyl groups excluding tert-OH is 1. The zero-order valence-corrected chi connectivity index (χ0v) is 20.3. The van der Waals surface area contributed by atoms with Crippen molar-refractivity contribution >= 4 is 22.4 Å². The lowest BCUT2D eigenvalue weighted by Crippen LogP contribution is -3.12. The Balaban J connectivity index is 1.52. The van der Waals surface area contributed by atoms with Crippen LogP contribution in [0.3, 0.4) is 0 Å². The number of carbonyl (C=O) groups excluding carboxylic acids is 1. The van der Waals surface area contributed by atoms with E-state index in [9.17, 15) is 9.90 Å². The van der Waals surface area contributed by atoms with Gasteiger partial charge in [0.1, 0.15) is 0 Å². The molecule has 0 unspecified atom stereocenters. The van der Waals surface area contributed by atoms with Gasteiger partial charge in [-0.15, -0.1) is 17.9 Å². The predicted octanol–water partition coefficient (Wildman–Crippen LogP) is 1.79. The van der Waals surface area contributed by atoms with Crippen LogP contribution in [0.15, 0.2) is 12.7 Å². The van der Waals surface area contributed by atoms with E-state index in [1.807, 2.05) is 17.9 Å². The van der Waals surface area contributed by atoms with Gasteiger partial charge < -0.3 is 20.2 Å². The third kappa shape index (κ3) is 4.16. The van der Waals surface area contributed by atoms with Crippen molar-refractivity contribution in [1.82, 2.24) is 9.88 Å². The molecule has 7 heteroatoms. The maximum absolute atomic E-state index is 13.3. The Kier molecular flexibility index (Phi) is 6.48. The van der Waals surface area contributed by atoms with E-state index in [1.54, 1.807) is 11.3 Å². The summed E-state index contributed by atoms with van der Waals surface area (Å²) in [4.78, 5) is 23.0. The summed E-state index contributed by atoms with van der Waals surface area (Å²) < 4.78 is 0. The Hall–Kier alpha value is -1.44. The second-order valence-corrected chi connectivity index (χ2v) is 11.5. The smallest absolute Gasteiger partial charge is 0.226 e. The lowest BCUT2D eigenvalue weighted by atomic mass is 9.53. The van der Waals surface area contributed by atoms with Crippen LogP contribution in [-0.4, -0.2) is 66.8 Å². The lowest BCUT2D eigenvalue weighted by Gasteiger charge is -2.53. The van der Waals surface area contributed by atoms with E-state index in [0.717, 1.165) is 56.3 Å². The van der Waals surface area contributed by atoms with E-state index < -0.39 is 6.10 Å². The van der Waals surface area contributed by atoms with Crippen LogP contribution < -0.4 is 10.2 Å². The summed E-state index contributed by atoms with van der Waals surface area (Å²) in [6.45, 7) is 14.8. The molecule has 1 aromatic heterocycles. The van der Waals surface area contributed by atoms with Crippen LogP contribution in [0.5, 0.6) is 0 Å². The monoisotopic (exact) mass is 447 g/mol. The van der Waals surface area contributed by atoms with Crippen molar-refractivity contribution in [2.75, 3.05) is 45.1 Å². The predicted molar refractivity (Wildman–Crippen MR) is 126 cm³/mol. The second-order valence-electron chi connectivity index (χ2n) is 10.4. The quantitative estimate of drug-likeness (QED) is 0.602. The molecule has 2 heterocycles. The molecule has 6 atom stereocenters. The van der Waals surface area contributed by atoms with Gasteiger partial charge >= 0.3 is 0 Å².